The van der Waals surface area contributed by atoms with Crippen LogP contribution in [0.3, 0.4) is 0 Å². The highest BCUT2D eigenvalue weighted by atomic mass is 32.2. The second-order valence-corrected chi connectivity index (χ2v) is 9.45. The van der Waals surface area contributed by atoms with Crippen LogP contribution in [0.25, 0.3) is 0 Å². The number of aromatic amines is 1. The highest BCUT2D eigenvalue weighted by Gasteiger charge is 2.25. The molecule has 0 aromatic carbocycles. The lowest BCUT2D eigenvalue weighted by molar-refractivity contribution is 0.101. The van der Waals surface area contributed by atoms with Crippen molar-refractivity contribution in [2.24, 2.45) is 5.92 Å². The van der Waals surface area contributed by atoms with E-state index in [9.17, 15) is 9.59 Å². The van der Waals surface area contributed by atoms with E-state index in [1.54, 1.807) is 6.26 Å². The molecular weight excluding hydrogens is 426 g/mol. The number of aromatic nitrogens is 4. The number of H-pyrrole nitrogens is 1. The van der Waals surface area contributed by atoms with Crippen LogP contribution in [0.1, 0.15) is 64.6 Å². The molecule has 1 N–H and O–H groups in total. The fourth-order valence-electron chi connectivity index (χ4n) is 4.29. The lowest BCUT2D eigenvalue weighted by Gasteiger charge is -2.31. The Hall–Kier alpha value is -2.81. The zero-order valence-corrected chi connectivity index (χ0v) is 19.8. The number of anilines is 1. The lowest BCUT2D eigenvalue weighted by Crippen LogP contribution is -2.35. The first-order chi connectivity index (χ1) is 15.3. The highest BCUT2D eigenvalue weighted by Crippen LogP contribution is 2.28. The minimum atomic E-state index is -0.0657. The minimum Gasteiger partial charge on any atom is -0.467 e. The minimum absolute atomic E-state index is 0.0402. The standard InChI is InChI=1S/C23H29N5O3S/c1-14-7-9-27(10-8-14)22-25-26-23(28(22)12-18-6-5-11-31-18)32-13-19(30)21-15(2)20(17(4)29)16(3)24-21/h5-6,11,14,24H,7-10,12-13H2,1-4H3. The maximum absolute atomic E-state index is 13.0. The van der Waals surface area contributed by atoms with Crippen LogP contribution >= 0.6 is 11.8 Å². The van der Waals surface area contributed by atoms with Crippen molar-refractivity contribution in [3.8, 4) is 0 Å². The van der Waals surface area contributed by atoms with Gasteiger partial charge in [-0.1, -0.05) is 18.7 Å². The van der Waals surface area contributed by atoms with Crippen LogP contribution in [0.4, 0.5) is 5.95 Å². The number of ketones is 2. The highest BCUT2D eigenvalue weighted by molar-refractivity contribution is 7.99. The number of hydrogen-bond acceptors (Lipinski definition) is 7. The van der Waals surface area contributed by atoms with Gasteiger partial charge in [0.15, 0.2) is 16.7 Å². The summed E-state index contributed by atoms with van der Waals surface area (Å²) in [6.07, 6.45) is 3.90. The molecule has 0 saturated carbocycles. The maximum atomic E-state index is 13.0. The molecule has 8 nitrogen and oxygen atoms in total. The fraction of sp³-hybridized carbons (Fsp3) is 0.478. The first-order valence-electron chi connectivity index (χ1n) is 10.9. The van der Waals surface area contributed by atoms with Gasteiger partial charge in [0.05, 0.1) is 24.3 Å². The zero-order chi connectivity index (χ0) is 22.8. The molecule has 3 aromatic rings. The number of nitrogens with zero attached hydrogens (tertiary/aromatic N) is 4. The van der Waals surface area contributed by atoms with Gasteiger partial charge in [0.2, 0.25) is 5.95 Å². The quantitative estimate of drug-likeness (QED) is 0.400. The molecule has 170 valence electrons. The number of thioether (sulfide) groups is 1. The van der Waals surface area contributed by atoms with Gasteiger partial charge in [-0.2, -0.15) is 0 Å². The van der Waals surface area contributed by atoms with Gasteiger partial charge in [0, 0.05) is 24.3 Å². The Morgan fingerprint density at radius 3 is 2.62 bits per heavy atom. The predicted molar refractivity (Wildman–Crippen MR) is 124 cm³/mol. The van der Waals surface area contributed by atoms with Gasteiger partial charge in [-0.05, 0) is 57.2 Å². The molecule has 4 heterocycles. The molecule has 0 atom stereocenters. The zero-order valence-electron chi connectivity index (χ0n) is 19.0. The summed E-state index contributed by atoms with van der Waals surface area (Å²) in [5.74, 6) is 2.43. The number of furan rings is 1. The van der Waals surface area contributed by atoms with Crippen LogP contribution in [0.5, 0.6) is 0 Å². The van der Waals surface area contributed by atoms with E-state index in [4.69, 9.17) is 4.42 Å². The Kier molecular flexibility index (Phi) is 6.55. The molecule has 0 spiro atoms. The van der Waals surface area contributed by atoms with Gasteiger partial charge >= 0.3 is 0 Å². The molecular formula is C23H29N5O3S. The number of aryl methyl sites for hydroxylation is 1. The molecule has 3 aromatic heterocycles. The lowest BCUT2D eigenvalue weighted by atomic mass is 10.00. The number of carbonyl (C=O) groups is 2. The van der Waals surface area contributed by atoms with Crippen molar-refractivity contribution in [1.29, 1.82) is 0 Å². The molecule has 1 aliphatic heterocycles. The second-order valence-electron chi connectivity index (χ2n) is 8.51. The van der Waals surface area contributed by atoms with Gasteiger partial charge < -0.3 is 14.3 Å². The van der Waals surface area contributed by atoms with E-state index in [-0.39, 0.29) is 17.3 Å². The monoisotopic (exact) mass is 455 g/mol. The van der Waals surface area contributed by atoms with E-state index in [0.717, 1.165) is 43.3 Å². The number of nitrogens with one attached hydrogen (secondary N) is 1. The number of Topliss-reactive ketones (excluding diaryl/α,β-unsaturated/α-hetero) is 2. The average molecular weight is 456 g/mol. The molecule has 0 bridgehead atoms. The van der Waals surface area contributed by atoms with Gasteiger partial charge in [0.25, 0.3) is 0 Å². The largest absolute Gasteiger partial charge is 0.467 e. The van der Waals surface area contributed by atoms with Crippen LogP contribution < -0.4 is 4.90 Å². The number of piperidine rings is 1. The van der Waals surface area contributed by atoms with E-state index in [0.29, 0.717) is 34.4 Å². The molecule has 1 fully saturated rings. The van der Waals surface area contributed by atoms with Crippen LogP contribution in [-0.2, 0) is 6.54 Å². The van der Waals surface area contributed by atoms with Crippen molar-refractivity contribution < 1.29 is 14.0 Å². The first kappa shape index (κ1) is 22.4. The van der Waals surface area contributed by atoms with Crippen molar-refractivity contribution in [3.05, 3.63) is 46.7 Å². The Labute approximate surface area is 191 Å². The van der Waals surface area contributed by atoms with Crippen LogP contribution in [0, 0.1) is 19.8 Å². The Morgan fingerprint density at radius 1 is 1.25 bits per heavy atom. The summed E-state index contributed by atoms with van der Waals surface area (Å²) in [7, 11) is 0. The summed E-state index contributed by atoms with van der Waals surface area (Å²) >= 11 is 1.36. The van der Waals surface area contributed by atoms with Crippen molar-refractivity contribution in [3.63, 3.8) is 0 Å². The Morgan fingerprint density at radius 2 is 2.00 bits per heavy atom. The predicted octanol–water partition coefficient (Wildman–Crippen LogP) is 4.28. The average Bonchev–Trinajstić information content (AvgIpc) is 3.47. The van der Waals surface area contributed by atoms with E-state index < -0.39 is 0 Å². The van der Waals surface area contributed by atoms with Gasteiger partial charge in [-0.25, -0.2) is 0 Å². The van der Waals surface area contributed by atoms with Crippen LogP contribution in [-0.4, -0.2) is 50.2 Å². The molecule has 1 aliphatic rings. The second kappa shape index (κ2) is 9.36. The summed E-state index contributed by atoms with van der Waals surface area (Å²) in [6.45, 7) is 9.82. The van der Waals surface area contributed by atoms with E-state index in [2.05, 4.69) is 27.0 Å². The first-order valence-corrected chi connectivity index (χ1v) is 11.9. The molecule has 9 heteroatoms. The normalized spacial score (nSPS) is 14.8. The fourth-order valence-corrected chi connectivity index (χ4v) is 5.09. The summed E-state index contributed by atoms with van der Waals surface area (Å²) in [5, 5.41) is 9.55. The van der Waals surface area contributed by atoms with E-state index in [1.165, 1.54) is 18.7 Å². The van der Waals surface area contributed by atoms with E-state index >= 15 is 0 Å². The maximum Gasteiger partial charge on any atom is 0.228 e. The van der Waals surface area contributed by atoms with E-state index in [1.807, 2.05) is 30.5 Å². The van der Waals surface area contributed by atoms with Gasteiger partial charge in [0.1, 0.15) is 5.76 Å². The van der Waals surface area contributed by atoms with Gasteiger partial charge in [-0.15, -0.1) is 10.2 Å². The topological polar surface area (TPSA) is 97.0 Å². The van der Waals surface area contributed by atoms with Crippen molar-refractivity contribution >= 4 is 29.3 Å². The molecule has 1 saturated heterocycles. The third-order valence-corrected chi connectivity index (χ3v) is 7.03. The number of rotatable bonds is 8. The molecule has 4 rings (SSSR count). The molecule has 32 heavy (non-hydrogen) atoms. The Bertz CT molecular complexity index is 1110. The third kappa shape index (κ3) is 4.53. The van der Waals surface area contributed by atoms with Crippen molar-refractivity contribution in [2.75, 3.05) is 23.7 Å². The van der Waals surface area contributed by atoms with Crippen molar-refractivity contribution in [1.82, 2.24) is 19.7 Å². The third-order valence-electron chi connectivity index (χ3n) is 6.06. The summed E-state index contributed by atoms with van der Waals surface area (Å²) < 4.78 is 7.59. The number of carbonyl (C=O) groups excluding carboxylic acids is 2. The van der Waals surface area contributed by atoms with Crippen LogP contribution in [0.2, 0.25) is 0 Å². The summed E-state index contributed by atoms with van der Waals surface area (Å²) in [6, 6.07) is 3.79. The SMILES string of the molecule is CC(=O)c1c(C)[nH]c(C(=O)CSc2nnc(N3CCC(C)CC3)n2Cc2ccco2)c1C. The molecule has 0 radical (unpaired) electrons. The summed E-state index contributed by atoms with van der Waals surface area (Å²) in [4.78, 5) is 30.2. The number of hydrogen-bond donors (Lipinski definition) is 1. The van der Waals surface area contributed by atoms with Crippen LogP contribution in [0.15, 0.2) is 28.0 Å². The molecule has 0 aliphatic carbocycles. The summed E-state index contributed by atoms with van der Waals surface area (Å²) in [5.41, 5.74) is 2.52. The molecule has 0 unspecified atom stereocenters. The molecule has 0 amide bonds. The van der Waals surface area contributed by atoms with Crippen molar-refractivity contribution in [2.45, 2.75) is 52.2 Å². The smallest absolute Gasteiger partial charge is 0.228 e. The van der Waals surface area contributed by atoms with Gasteiger partial charge in [-0.3, -0.25) is 14.2 Å². The Balaban J connectivity index is 1.55.